The zero-order valence-electron chi connectivity index (χ0n) is 11.4. The van der Waals surface area contributed by atoms with Crippen molar-refractivity contribution in [1.82, 2.24) is 4.31 Å². The number of hydrogen-bond donors (Lipinski definition) is 1. The van der Waals surface area contributed by atoms with Gasteiger partial charge in [-0.3, -0.25) is 0 Å². The summed E-state index contributed by atoms with van der Waals surface area (Å²) < 4.78 is 27.1. The molecule has 1 aromatic rings. The molecule has 2 rings (SSSR count). The van der Waals surface area contributed by atoms with Crippen molar-refractivity contribution < 1.29 is 8.42 Å². The van der Waals surface area contributed by atoms with Crippen molar-refractivity contribution in [3.8, 4) is 0 Å². The Labute approximate surface area is 125 Å². The third kappa shape index (κ3) is 3.31. The fraction of sp³-hybridized carbons (Fsp3) is 0.667. The van der Waals surface area contributed by atoms with Gasteiger partial charge in [-0.05, 0) is 44.2 Å². The molecule has 0 amide bonds. The minimum absolute atomic E-state index is 0. The van der Waals surface area contributed by atoms with E-state index in [1.54, 1.807) is 7.05 Å². The fourth-order valence-corrected chi connectivity index (χ4v) is 5.56. The first kappa shape index (κ1) is 16.9. The Balaban J connectivity index is 0.00000180. The van der Waals surface area contributed by atoms with Crippen LogP contribution in [0, 0.1) is 19.8 Å². The van der Waals surface area contributed by atoms with Crippen LogP contribution >= 0.6 is 23.7 Å². The topological polar surface area (TPSA) is 63.4 Å². The molecular formula is C12H21ClN2O2S2. The highest BCUT2D eigenvalue weighted by Crippen LogP contribution is 2.37. The summed E-state index contributed by atoms with van der Waals surface area (Å²) in [5.41, 5.74) is 6.56. The summed E-state index contributed by atoms with van der Waals surface area (Å²) in [5.74, 6) is 0.441. The standard InChI is InChI=1S/C12H20N2O2S2.ClH/c1-8-6-9(2)17-12(8)18(15,16)14(3)11(7-13)10-4-5-10;/h6,10-11H,4-5,7,13H2,1-3H3;1H. The van der Waals surface area contributed by atoms with E-state index in [1.165, 1.54) is 15.6 Å². The third-order valence-corrected chi connectivity index (χ3v) is 7.13. The number of halogens is 1. The zero-order chi connectivity index (χ0) is 13.5. The van der Waals surface area contributed by atoms with Gasteiger partial charge < -0.3 is 5.73 Å². The van der Waals surface area contributed by atoms with Gasteiger partial charge in [-0.15, -0.1) is 23.7 Å². The molecule has 1 aromatic heterocycles. The normalized spacial score (nSPS) is 17.3. The highest BCUT2D eigenvalue weighted by molar-refractivity contribution is 7.91. The number of rotatable bonds is 5. The quantitative estimate of drug-likeness (QED) is 0.902. The molecule has 0 spiro atoms. The number of hydrogen-bond acceptors (Lipinski definition) is 4. The average Bonchev–Trinajstić information content (AvgIpc) is 3.05. The van der Waals surface area contributed by atoms with E-state index in [0.717, 1.165) is 23.3 Å². The maximum atomic E-state index is 12.6. The summed E-state index contributed by atoms with van der Waals surface area (Å²) in [6.07, 6.45) is 2.17. The lowest BCUT2D eigenvalue weighted by Crippen LogP contribution is -2.43. The monoisotopic (exact) mass is 324 g/mol. The molecule has 1 aliphatic rings. The maximum Gasteiger partial charge on any atom is 0.252 e. The lowest BCUT2D eigenvalue weighted by Gasteiger charge is -2.26. The lowest BCUT2D eigenvalue weighted by atomic mass is 10.2. The summed E-state index contributed by atoms with van der Waals surface area (Å²) in [6, 6.07) is 1.86. The van der Waals surface area contributed by atoms with Crippen LogP contribution in [0.5, 0.6) is 0 Å². The molecule has 2 N–H and O–H groups in total. The summed E-state index contributed by atoms with van der Waals surface area (Å²) in [5, 5.41) is 0. The van der Waals surface area contributed by atoms with Crippen LogP contribution in [-0.2, 0) is 10.0 Å². The second-order valence-corrected chi connectivity index (χ2v) is 8.44. The molecule has 110 valence electrons. The SMILES string of the molecule is Cc1cc(C)c(S(=O)(=O)N(C)C(CN)C2CC2)s1.Cl. The Hall–Kier alpha value is -0.140. The molecular weight excluding hydrogens is 304 g/mol. The number of likely N-dealkylation sites (N-methyl/N-ethyl adjacent to an activating group) is 1. The van der Waals surface area contributed by atoms with Crippen LogP contribution < -0.4 is 5.73 Å². The number of sulfonamides is 1. The summed E-state index contributed by atoms with van der Waals surface area (Å²) in [6.45, 7) is 4.17. The highest BCUT2D eigenvalue weighted by atomic mass is 35.5. The zero-order valence-corrected chi connectivity index (χ0v) is 13.9. The van der Waals surface area contributed by atoms with Crippen LogP contribution in [0.1, 0.15) is 23.3 Å². The van der Waals surface area contributed by atoms with E-state index >= 15 is 0 Å². The first-order valence-corrected chi connectivity index (χ1v) is 8.38. The molecule has 0 aliphatic heterocycles. The van der Waals surface area contributed by atoms with Crippen molar-refractivity contribution in [2.75, 3.05) is 13.6 Å². The Morgan fingerprint density at radius 3 is 2.42 bits per heavy atom. The second-order valence-electron chi connectivity index (χ2n) is 4.99. The summed E-state index contributed by atoms with van der Waals surface area (Å²) in [7, 11) is -1.74. The van der Waals surface area contributed by atoms with E-state index in [1.807, 2.05) is 19.9 Å². The minimum Gasteiger partial charge on any atom is -0.329 e. The van der Waals surface area contributed by atoms with Gasteiger partial charge in [0, 0.05) is 24.5 Å². The molecule has 0 radical (unpaired) electrons. The van der Waals surface area contributed by atoms with Crippen molar-refractivity contribution in [3.63, 3.8) is 0 Å². The van der Waals surface area contributed by atoms with Crippen molar-refractivity contribution in [1.29, 1.82) is 0 Å². The molecule has 1 saturated carbocycles. The van der Waals surface area contributed by atoms with E-state index in [-0.39, 0.29) is 18.4 Å². The molecule has 0 aromatic carbocycles. The molecule has 1 atom stereocenters. The molecule has 1 aliphatic carbocycles. The Bertz CT molecular complexity index is 538. The number of nitrogens with zero attached hydrogens (tertiary/aromatic N) is 1. The van der Waals surface area contributed by atoms with Crippen molar-refractivity contribution >= 4 is 33.8 Å². The summed E-state index contributed by atoms with van der Waals surface area (Å²) in [4.78, 5) is 1.02. The van der Waals surface area contributed by atoms with Gasteiger partial charge >= 0.3 is 0 Å². The van der Waals surface area contributed by atoms with Gasteiger partial charge in [0.1, 0.15) is 4.21 Å². The molecule has 0 bridgehead atoms. The van der Waals surface area contributed by atoms with Crippen LogP contribution in [-0.4, -0.2) is 32.4 Å². The van der Waals surface area contributed by atoms with Crippen molar-refractivity contribution in [2.24, 2.45) is 11.7 Å². The van der Waals surface area contributed by atoms with E-state index in [2.05, 4.69) is 0 Å². The van der Waals surface area contributed by atoms with E-state index < -0.39 is 10.0 Å². The molecule has 1 unspecified atom stereocenters. The average molecular weight is 325 g/mol. The highest BCUT2D eigenvalue weighted by Gasteiger charge is 2.39. The number of aryl methyl sites for hydroxylation is 2. The van der Waals surface area contributed by atoms with Crippen LogP contribution in [0.15, 0.2) is 10.3 Å². The molecule has 19 heavy (non-hydrogen) atoms. The largest absolute Gasteiger partial charge is 0.329 e. The second kappa shape index (κ2) is 6.10. The molecule has 7 heteroatoms. The van der Waals surface area contributed by atoms with Crippen LogP contribution in [0.3, 0.4) is 0 Å². The van der Waals surface area contributed by atoms with Gasteiger partial charge in [0.2, 0.25) is 0 Å². The predicted molar refractivity (Wildman–Crippen MR) is 81.6 cm³/mol. The van der Waals surface area contributed by atoms with E-state index in [9.17, 15) is 8.42 Å². The van der Waals surface area contributed by atoms with Gasteiger partial charge in [0.15, 0.2) is 0 Å². The fourth-order valence-electron chi connectivity index (χ4n) is 2.30. The first-order chi connectivity index (χ1) is 8.37. The smallest absolute Gasteiger partial charge is 0.252 e. The first-order valence-electron chi connectivity index (χ1n) is 6.13. The van der Waals surface area contributed by atoms with Gasteiger partial charge in [-0.25, -0.2) is 8.42 Å². The van der Waals surface area contributed by atoms with Crippen LogP contribution in [0.4, 0.5) is 0 Å². The van der Waals surface area contributed by atoms with Gasteiger partial charge in [0.05, 0.1) is 0 Å². The minimum atomic E-state index is -3.39. The van der Waals surface area contributed by atoms with Gasteiger partial charge in [-0.2, -0.15) is 4.31 Å². The number of nitrogens with two attached hydrogens (primary N) is 1. The lowest BCUT2D eigenvalue weighted by molar-refractivity contribution is 0.341. The maximum absolute atomic E-state index is 12.6. The third-order valence-electron chi connectivity index (χ3n) is 3.48. The van der Waals surface area contributed by atoms with Crippen molar-refractivity contribution in [3.05, 3.63) is 16.5 Å². The number of thiophene rings is 1. The molecule has 1 heterocycles. The van der Waals surface area contributed by atoms with Gasteiger partial charge in [0.25, 0.3) is 10.0 Å². The summed E-state index contributed by atoms with van der Waals surface area (Å²) >= 11 is 1.34. The van der Waals surface area contributed by atoms with Gasteiger partial charge in [-0.1, -0.05) is 0 Å². The predicted octanol–water partition coefficient (Wildman–Crippen LogP) is 2.14. The molecule has 0 saturated heterocycles. The molecule has 4 nitrogen and oxygen atoms in total. The Kier molecular flexibility index (Phi) is 5.43. The van der Waals surface area contributed by atoms with E-state index in [0.29, 0.717) is 16.7 Å². The van der Waals surface area contributed by atoms with Crippen molar-refractivity contribution in [2.45, 2.75) is 36.9 Å². The Morgan fingerprint density at radius 1 is 1.47 bits per heavy atom. The van der Waals surface area contributed by atoms with Crippen LogP contribution in [0.25, 0.3) is 0 Å². The van der Waals surface area contributed by atoms with E-state index in [4.69, 9.17) is 5.73 Å². The van der Waals surface area contributed by atoms with Crippen LogP contribution in [0.2, 0.25) is 0 Å². The molecule has 1 fully saturated rings. The Morgan fingerprint density at radius 2 is 2.05 bits per heavy atom.